The molecule has 3 rings (SSSR count). The summed E-state index contributed by atoms with van der Waals surface area (Å²) in [6.45, 7) is 7.19. The molecular formula is C18H25IN2S. The summed E-state index contributed by atoms with van der Waals surface area (Å²) >= 11 is 4.39. The van der Waals surface area contributed by atoms with Crippen LogP contribution in [0.1, 0.15) is 57.4 Å². The minimum Gasteiger partial charge on any atom is -0.329 e. The van der Waals surface area contributed by atoms with Crippen LogP contribution < -0.4 is 0 Å². The maximum absolute atomic E-state index is 4.30. The van der Waals surface area contributed by atoms with Gasteiger partial charge in [0.05, 0.1) is 12.4 Å². The maximum atomic E-state index is 4.30. The molecule has 0 aromatic carbocycles. The first kappa shape index (κ1) is 16.5. The van der Waals surface area contributed by atoms with Crippen molar-refractivity contribution in [1.82, 2.24) is 9.55 Å². The molecule has 2 heterocycles. The highest BCUT2D eigenvalue weighted by atomic mass is 127. The Bertz CT molecular complexity index is 589. The van der Waals surface area contributed by atoms with Crippen molar-refractivity contribution in [3.05, 3.63) is 38.6 Å². The molecule has 0 N–H and O–H groups in total. The zero-order chi connectivity index (χ0) is 15.7. The Morgan fingerprint density at radius 3 is 2.50 bits per heavy atom. The summed E-state index contributed by atoms with van der Waals surface area (Å²) in [5.41, 5.74) is 0.451. The van der Waals surface area contributed by atoms with Crippen molar-refractivity contribution in [2.75, 3.05) is 0 Å². The fourth-order valence-corrected chi connectivity index (χ4v) is 5.95. The van der Waals surface area contributed by atoms with Crippen molar-refractivity contribution in [3.8, 4) is 0 Å². The molecule has 0 radical (unpaired) electrons. The van der Waals surface area contributed by atoms with Gasteiger partial charge < -0.3 is 4.57 Å². The van der Waals surface area contributed by atoms with Gasteiger partial charge in [0.15, 0.2) is 0 Å². The fourth-order valence-electron chi connectivity index (χ4n) is 3.84. The van der Waals surface area contributed by atoms with E-state index < -0.39 is 0 Å². The normalized spacial score (nSPS) is 24.4. The number of aromatic nitrogens is 2. The lowest BCUT2D eigenvalue weighted by molar-refractivity contribution is 0.134. The number of thiophene rings is 1. The number of rotatable bonds is 3. The molecule has 1 aliphatic rings. The van der Waals surface area contributed by atoms with Gasteiger partial charge in [0.25, 0.3) is 0 Å². The third-order valence-electron chi connectivity index (χ3n) is 5.20. The maximum Gasteiger partial charge on any atom is 0.0952 e. The van der Waals surface area contributed by atoms with Crippen molar-refractivity contribution >= 4 is 33.9 Å². The van der Waals surface area contributed by atoms with Crippen LogP contribution in [0.15, 0.2) is 30.2 Å². The molecule has 120 valence electrons. The molecule has 0 saturated heterocycles. The Morgan fingerprint density at radius 2 is 2.00 bits per heavy atom. The van der Waals surface area contributed by atoms with Crippen LogP contribution in [-0.4, -0.2) is 9.55 Å². The second kappa shape index (κ2) is 6.63. The van der Waals surface area contributed by atoms with Crippen LogP contribution in [0.25, 0.3) is 0 Å². The zero-order valence-corrected chi connectivity index (χ0v) is 16.6. The fraction of sp³-hybridized carbons (Fsp3) is 0.611. The summed E-state index contributed by atoms with van der Waals surface area (Å²) in [5, 5.41) is 2.22. The molecule has 1 fully saturated rings. The van der Waals surface area contributed by atoms with Crippen LogP contribution >= 0.6 is 33.9 Å². The van der Waals surface area contributed by atoms with Crippen LogP contribution in [0.4, 0.5) is 0 Å². The molecule has 0 spiro atoms. The first-order chi connectivity index (χ1) is 10.5. The summed E-state index contributed by atoms with van der Waals surface area (Å²) in [4.78, 5) is 5.81. The van der Waals surface area contributed by atoms with Crippen molar-refractivity contribution < 1.29 is 0 Å². The van der Waals surface area contributed by atoms with Gasteiger partial charge in [0, 0.05) is 20.8 Å². The van der Waals surface area contributed by atoms with E-state index in [0.29, 0.717) is 11.5 Å². The molecule has 0 amide bonds. The van der Waals surface area contributed by atoms with E-state index in [1.807, 2.05) is 23.9 Å². The predicted molar refractivity (Wildman–Crippen MR) is 102 cm³/mol. The Hall–Kier alpha value is -0.360. The number of imidazole rings is 1. The largest absolute Gasteiger partial charge is 0.329 e. The van der Waals surface area contributed by atoms with Gasteiger partial charge in [-0.25, -0.2) is 4.98 Å². The van der Waals surface area contributed by atoms with Gasteiger partial charge in [0.2, 0.25) is 0 Å². The van der Waals surface area contributed by atoms with Gasteiger partial charge in [-0.15, -0.1) is 11.3 Å². The molecule has 1 atom stereocenters. The average molecular weight is 428 g/mol. The van der Waals surface area contributed by atoms with Crippen molar-refractivity contribution in [2.45, 2.75) is 52.5 Å². The second-order valence-corrected chi connectivity index (χ2v) is 9.68. The lowest BCUT2D eigenvalue weighted by Crippen LogP contribution is -2.30. The van der Waals surface area contributed by atoms with E-state index >= 15 is 0 Å². The van der Waals surface area contributed by atoms with E-state index in [-0.39, 0.29) is 0 Å². The molecule has 2 aromatic heterocycles. The van der Waals surface area contributed by atoms with E-state index in [2.05, 4.69) is 70.6 Å². The topological polar surface area (TPSA) is 17.8 Å². The summed E-state index contributed by atoms with van der Waals surface area (Å²) in [7, 11) is 0. The third-order valence-corrected chi connectivity index (χ3v) is 7.50. The molecule has 0 bridgehead atoms. The van der Waals surface area contributed by atoms with Gasteiger partial charge in [-0.1, -0.05) is 20.8 Å². The van der Waals surface area contributed by atoms with E-state index in [1.165, 1.54) is 34.1 Å². The van der Waals surface area contributed by atoms with E-state index in [4.69, 9.17) is 0 Å². The second-order valence-electron chi connectivity index (χ2n) is 7.57. The van der Waals surface area contributed by atoms with Gasteiger partial charge in [-0.2, -0.15) is 0 Å². The predicted octanol–water partition coefficient (Wildman–Crippen LogP) is 5.99. The summed E-state index contributed by atoms with van der Waals surface area (Å²) in [5.74, 6) is 1.61. The van der Waals surface area contributed by atoms with Crippen LogP contribution in [0.2, 0.25) is 0 Å². The molecule has 0 aliphatic heterocycles. The monoisotopic (exact) mass is 428 g/mol. The highest BCUT2D eigenvalue weighted by Gasteiger charge is 2.35. The SMILES string of the molecule is CC(C)(C)C1CCC(C(c2sccc2I)n2ccnc2)CC1. The number of halogens is 1. The van der Waals surface area contributed by atoms with E-state index in [1.54, 1.807) is 0 Å². The Balaban J connectivity index is 1.82. The molecule has 2 nitrogen and oxygen atoms in total. The Labute approximate surface area is 151 Å². The summed E-state index contributed by atoms with van der Waals surface area (Å²) < 4.78 is 3.73. The van der Waals surface area contributed by atoms with Gasteiger partial charge in [0.1, 0.15) is 0 Å². The van der Waals surface area contributed by atoms with Crippen LogP contribution in [0, 0.1) is 20.8 Å². The third kappa shape index (κ3) is 3.42. The molecule has 4 heteroatoms. The highest BCUT2D eigenvalue weighted by Crippen LogP contribution is 2.46. The van der Waals surface area contributed by atoms with E-state index in [0.717, 1.165) is 11.8 Å². The average Bonchev–Trinajstić information content (AvgIpc) is 3.12. The standard InChI is InChI=1S/C18H25IN2S/c1-18(2,3)14-6-4-13(5-7-14)16(21-10-9-20-12-21)17-15(19)8-11-22-17/h8-14,16H,4-7H2,1-3H3. The molecule has 1 aliphatic carbocycles. The van der Waals surface area contributed by atoms with Crippen LogP contribution in [0.3, 0.4) is 0 Å². The molecule has 1 unspecified atom stereocenters. The van der Waals surface area contributed by atoms with Crippen LogP contribution in [-0.2, 0) is 0 Å². The summed E-state index contributed by atoms with van der Waals surface area (Å²) in [6, 6.07) is 2.71. The smallest absolute Gasteiger partial charge is 0.0952 e. The molecule has 22 heavy (non-hydrogen) atoms. The van der Waals surface area contributed by atoms with E-state index in [9.17, 15) is 0 Å². The minimum absolute atomic E-state index is 0.451. The van der Waals surface area contributed by atoms with Gasteiger partial charge >= 0.3 is 0 Å². The lowest BCUT2D eigenvalue weighted by Gasteiger charge is -2.39. The Morgan fingerprint density at radius 1 is 1.27 bits per heavy atom. The first-order valence-electron chi connectivity index (χ1n) is 8.17. The van der Waals surface area contributed by atoms with Crippen molar-refractivity contribution in [1.29, 1.82) is 0 Å². The molecule has 2 aromatic rings. The quantitative estimate of drug-likeness (QED) is 0.549. The van der Waals surface area contributed by atoms with Crippen molar-refractivity contribution in [3.63, 3.8) is 0 Å². The first-order valence-corrected chi connectivity index (χ1v) is 10.1. The Kier molecular flexibility index (Phi) is 4.98. The minimum atomic E-state index is 0.451. The lowest BCUT2D eigenvalue weighted by atomic mass is 9.68. The zero-order valence-electron chi connectivity index (χ0n) is 13.6. The molecule has 1 saturated carbocycles. The van der Waals surface area contributed by atoms with Gasteiger partial charge in [-0.3, -0.25) is 0 Å². The number of hydrogen-bond donors (Lipinski definition) is 0. The van der Waals surface area contributed by atoms with Gasteiger partial charge in [-0.05, 0) is 77.0 Å². The number of nitrogens with zero attached hydrogens (tertiary/aromatic N) is 2. The van der Waals surface area contributed by atoms with Crippen molar-refractivity contribution in [2.24, 2.45) is 17.3 Å². The molecular weight excluding hydrogens is 403 g/mol. The number of hydrogen-bond acceptors (Lipinski definition) is 2. The van der Waals surface area contributed by atoms with Crippen LogP contribution in [0.5, 0.6) is 0 Å². The summed E-state index contributed by atoms with van der Waals surface area (Å²) in [6.07, 6.45) is 11.4. The highest BCUT2D eigenvalue weighted by molar-refractivity contribution is 14.1.